The van der Waals surface area contributed by atoms with E-state index in [1.165, 1.54) is 83.2 Å². The molecule has 0 spiro atoms. The summed E-state index contributed by atoms with van der Waals surface area (Å²) in [5.41, 5.74) is 0. The molecule has 0 bridgehead atoms. The third-order valence-electron chi connectivity index (χ3n) is 5.13. The van der Waals surface area contributed by atoms with Crippen molar-refractivity contribution >= 4 is 7.26 Å². The maximum atomic E-state index is 2.51. The summed E-state index contributed by atoms with van der Waals surface area (Å²) in [6.07, 6.45) is 23.9. The molecule has 0 radical (unpaired) electrons. The Morgan fingerprint density at radius 3 is 1.00 bits per heavy atom. The zero-order chi connectivity index (χ0) is 15.8. The van der Waals surface area contributed by atoms with Gasteiger partial charge in [0.1, 0.15) is 0 Å². The van der Waals surface area contributed by atoms with Crippen LogP contribution in [0.2, 0.25) is 0 Å². The van der Waals surface area contributed by atoms with Gasteiger partial charge in [0, 0.05) is 7.26 Å². The van der Waals surface area contributed by atoms with Crippen LogP contribution in [0.25, 0.3) is 0 Å². The summed E-state index contributed by atoms with van der Waals surface area (Å²) in [7, 11) is -0.598. The highest BCUT2D eigenvalue weighted by atomic mass is 31.2. The zero-order valence-corrected chi connectivity index (χ0v) is 16.7. The Morgan fingerprint density at radius 1 is 0.429 bits per heavy atom. The van der Waals surface area contributed by atoms with Crippen molar-refractivity contribution in [3.8, 4) is 0 Å². The van der Waals surface area contributed by atoms with Crippen molar-refractivity contribution in [1.82, 2.24) is 0 Å². The minimum atomic E-state index is -0.598. The lowest BCUT2D eigenvalue weighted by molar-refractivity contribution is 0.683. The molecule has 0 aromatic heterocycles. The van der Waals surface area contributed by atoms with Crippen LogP contribution < -0.4 is 0 Å². The monoisotopic (exact) mass is 315 g/mol. The number of rotatable bonds is 16. The summed E-state index contributed by atoms with van der Waals surface area (Å²) in [5, 5.41) is 0. The highest BCUT2D eigenvalue weighted by molar-refractivity contribution is 7.75. The van der Waals surface area contributed by atoms with Crippen LogP contribution in [-0.2, 0) is 0 Å². The van der Waals surface area contributed by atoms with Crippen LogP contribution in [0.3, 0.4) is 0 Å². The van der Waals surface area contributed by atoms with Gasteiger partial charge >= 0.3 is 0 Å². The van der Waals surface area contributed by atoms with Crippen LogP contribution >= 0.6 is 7.26 Å². The second-order valence-electron chi connectivity index (χ2n) is 7.01. The van der Waals surface area contributed by atoms with Gasteiger partial charge < -0.3 is 0 Å². The van der Waals surface area contributed by atoms with E-state index in [1.54, 1.807) is 18.5 Å². The Balaban J connectivity index is 4.22. The molecule has 21 heavy (non-hydrogen) atoms. The van der Waals surface area contributed by atoms with Gasteiger partial charge in [-0.3, -0.25) is 0 Å². The molecule has 0 rings (SSSR count). The van der Waals surface area contributed by atoms with E-state index >= 15 is 0 Å². The van der Waals surface area contributed by atoms with Crippen LogP contribution in [-0.4, -0.2) is 24.6 Å². The summed E-state index contributed by atoms with van der Waals surface area (Å²) in [6.45, 7) is 9.50. The van der Waals surface area contributed by atoms with Gasteiger partial charge in [-0.25, -0.2) is 0 Å². The molecular weight excluding hydrogens is 271 g/mol. The lowest BCUT2D eigenvalue weighted by Crippen LogP contribution is -2.11. The topological polar surface area (TPSA) is 0 Å². The summed E-state index contributed by atoms with van der Waals surface area (Å²) in [6, 6.07) is 0. The molecule has 0 N–H and O–H groups in total. The third-order valence-corrected chi connectivity index (χ3v) is 10.3. The summed E-state index contributed by atoms with van der Waals surface area (Å²) >= 11 is 0. The third kappa shape index (κ3) is 11.6. The molecule has 0 fully saturated rings. The molecule has 0 aliphatic rings. The van der Waals surface area contributed by atoms with Crippen molar-refractivity contribution in [1.29, 1.82) is 0 Å². The van der Waals surface area contributed by atoms with Gasteiger partial charge in [-0.15, -0.1) is 0 Å². The Hall–Kier alpha value is 0.430. The highest BCUT2D eigenvalue weighted by Crippen LogP contribution is 2.60. The van der Waals surface area contributed by atoms with Gasteiger partial charge in [-0.2, -0.15) is 0 Å². The standard InChI is InChI=1S/C20H44P/c1-5-9-12-15-18-21(8-4,19-16-13-10-6-2)20-17-14-11-7-3/h5-20H2,1-4H3/q+1. The molecule has 0 atom stereocenters. The normalized spacial score (nSPS) is 12.0. The fourth-order valence-electron chi connectivity index (χ4n) is 3.43. The number of hydrogen-bond donors (Lipinski definition) is 0. The minimum Gasteiger partial charge on any atom is -0.0654 e. The average molecular weight is 316 g/mol. The molecule has 0 aliphatic carbocycles. The molecule has 0 unspecified atom stereocenters. The molecule has 0 nitrogen and oxygen atoms in total. The van der Waals surface area contributed by atoms with E-state index in [4.69, 9.17) is 0 Å². The first-order chi connectivity index (χ1) is 10.2. The van der Waals surface area contributed by atoms with Crippen LogP contribution in [0, 0.1) is 0 Å². The predicted octanol–water partition coefficient (Wildman–Crippen LogP) is 7.76. The molecule has 0 aromatic carbocycles. The molecule has 0 amide bonds. The Morgan fingerprint density at radius 2 is 0.762 bits per heavy atom. The zero-order valence-electron chi connectivity index (χ0n) is 15.8. The van der Waals surface area contributed by atoms with Crippen molar-refractivity contribution < 1.29 is 0 Å². The van der Waals surface area contributed by atoms with Crippen molar-refractivity contribution in [3.05, 3.63) is 0 Å². The fraction of sp³-hybridized carbons (Fsp3) is 1.00. The van der Waals surface area contributed by atoms with Crippen molar-refractivity contribution in [2.24, 2.45) is 0 Å². The smallest absolute Gasteiger partial charge is 0.0594 e. The molecule has 0 saturated carbocycles. The van der Waals surface area contributed by atoms with E-state index in [0.29, 0.717) is 0 Å². The van der Waals surface area contributed by atoms with E-state index in [-0.39, 0.29) is 0 Å². The van der Waals surface area contributed by atoms with Crippen LogP contribution in [0.15, 0.2) is 0 Å². The van der Waals surface area contributed by atoms with Gasteiger partial charge in [0.25, 0.3) is 0 Å². The maximum Gasteiger partial charge on any atom is 0.0594 e. The lowest BCUT2D eigenvalue weighted by atomic mass is 10.2. The second-order valence-corrected chi connectivity index (χ2v) is 11.7. The summed E-state index contributed by atoms with van der Waals surface area (Å²) in [4.78, 5) is 0. The second kappa shape index (κ2) is 15.3. The lowest BCUT2D eigenvalue weighted by Gasteiger charge is -2.27. The minimum absolute atomic E-state index is 0.598. The molecular formula is C20H44P+. The first-order valence-corrected chi connectivity index (χ1v) is 12.6. The largest absolute Gasteiger partial charge is 0.0654 e. The van der Waals surface area contributed by atoms with Crippen molar-refractivity contribution in [2.45, 2.75) is 105 Å². The van der Waals surface area contributed by atoms with E-state index in [2.05, 4.69) is 27.7 Å². The highest BCUT2D eigenvalue weighted by Gasteiger charge is 2.33. The van der Waals surface area contributed by atoms with E-state index in [9.17, 15) is 0 Å². The van der Waals surface area contributed by atoms with E-state index < -0.39 is 7.26 Å². The van der Waals surface area contributed by atoms with Gasteiger partial charge in [-0.05, 0) is 45.4 Å². The first-order valence-electron chi connectivity index (χ1n) is 10.1. The van der Waals surface area contributed by atoms with Crippen molar-refractivity contribution in [3.63, 3.8) is 0 Å². The van der Waals surface area contributed by atoms with Crippen molar-refractivity contribution in [2.75, 3.05) is 24.6 Å². The predicted molar refractivity (Wildman–Crippen MR) is 104 cm³/mol. The Labute approximate surface area is 137 Å². The fourth-order valence-corrected chi connectivity index (χ4v) is 7.73. The maximum absolute atomic E-state index is 2.51. The molecule has 0 saturated heterocycles. The van der Waals surface area contributed by atoms with Crippen LogP contribution in [0.1, 0.15) is 105 Å². The molecule has 0 heterocycles. The molecule has 0 aliphatic heterocycles. The van der Waals surface area contributed by atoms with Gasteiger partial charge in [0.2, 0.25) is 0 Å². The average Bonchev–Trinajstić information content (AvgIpc) is 2.51. The van der Waals surface area contributed by atoms with Crippen LogP contribution in [0.5, 0.6) is 0 Å². The van der Waals surface area contributed by atoms with Gasteiger partial charge in [-0.1, -0.05) is 59.3 Å². The Kier molecular flexibility index (Phi) is 15.6. The summed E-state index contributed by atoms with van der Waals surface area (Å²) < 4.78 is 0. The van der Waals surface area contributed by atoms with E-state index in [1.807, 2.05) is 0 Å². The molecule has 128 valence electrons. The first kappa shape index (κ1) is 21.4. The quantitative estimate of drug-likeness (QED) is 0.201. The van der Waals surface area contributed by atoms with E-state index in [0.717, 1.165) is 0 Å². The number of unbranched alkanes of at least 4 members (excludes halogenated alkanes) is 9. The van der Waals surface area contributed by atoms with Crippen LogP contribution in [0.4, 0.5) is 0 Å². The molecule has 0 aromatic rings. The van der Waals surface area contributed by atoms with Gasteiger partial charge in [0.05, 0.1) is 24.6 Å². The van der Waals surface area contributed by atoms with Gasteiger partial charge in [0.15, 0.2) is 0 Å². The Bertz CT molecular complexity index is 169. The number of hydrogen-bond acceptors (Lipinski definition) is 0. The summed E-state index contributed by atoms with van der Waals surface area (Å²) in [5.74, 6) is 0. The molecule has 1 heteroatoms. The SMILES string of the molecule is CCCCCC[P+](CC)(CCCCCC)CCCCCC.